The van der Waals surface area contributed by atoms with Crippen LogP contribution in [-0.2, 0) is 0 Å². The minimum Gasteiger partial charge on any atom is -0.284 e. The predicted octanol–water partition coefficient (Wildman–Crippen LogP) is 3.44. The van der Waals surface area contributed by atoms with Crippen LogP contribution in [0.3, 0.4) is 0 Å². The van der Waals surface area contributed by atoms with Crippen LogP contribution in [0.15, 0.2) is 0 Å². The summed E-state index contributed by atoms with van der Waals surface area (Å²) in [7, 11) is -1.86. The zero-order chi connectivity index (χ0) is 9.50. The Labute approximate surface area is 72.5 Å². The van der Waals surface area contributed by atoms with Gasteiger partial charge in [0.2, 0.25) is 0 Å². The first-order chi connectivity index (χ1) is 4.50. The zero-order valence-electron chi connectivity index (χ0n) is 9.00. The SMILES string of the molecule is CC(C)(C)[Si](C)([NH])C(C)(C)C. The Morgan fingerprint density at radius 3 is 1.00 bits per heavy atom. The summed E-state index contributed by atoms with van der Waals surface area (Å²) in [6.45, 7) is 15.3. The average molecular weight is 172 g/mol. The van der Waals surface area contributed by atoms with Crippen LogP contribution in [-0.4, -0.2) is 8.24 Å². The molecule has 0 atom stereocenters. The molecule has 67 valence electrons. The van der Waals surface area contributed by atoms with Crippen LogP contribution in [0.4, 0.5) is 0 Å². The van der Waals surface area contributed by atoms with E-state index in [-0.39, 0.29) is 10.1 Å². The van der Waals surface area contributed by atoms with Crippen LogP contribution >= 0.6 is 0 Å². The standard InChI is InChI=1S/C9H22NSi/c1-8(2,3)11(7,10)9(4,5)6/h10H,1-7H3. The highest BCUT2D eigenvalue weighted by atomic mass is 28.3. The quantitative estimate of drug-likeness (QED) is 0.500. The molecule has 0 fully saturated rings. The van der Waals surface area contributed by atoms with E-state index < -0.39 is 8.24 Å². The monoisotopic (exact) mass is 172 g/mol. The van der Waals surface area contributed by atoms with E-state index in [9.17, 15) is 0 Å². The highest BCUT2D eigenvalue weighted by molar-refractivity contribution is 6.80. The fraction of sp³-hybridized carbons (Fsp3) is 1.00. The van der Waals surface area contributed by atoms with Gasteiger partial charge in [-0.2, -0.15) is 0 Å². The van der Waals surface area contributed by atoms with Gasteiger partial charge in [-0.3, -0.25) is 5.40 Å². The number of nitrogens with one attached hydrogen (secondary N) is 1. The third-order valence-corrected chi connectivity index (χ3v) is 9.00. The Morgan fingerprint density at radius 1 is 0.818 bits per heavy atom. The van der Waals surface area contributed by atoms with Crippen molar-refractivity contribution in [1.29, 1.82) is 0 Å². The summed E-state index contributed by atoms with van der Waals surface area (Å²) in [4.78, 5) is 0. The molecule has 0 heterocycles. The van der Waals surface area contributed by atoms with E-state index in [0.717, 1.165) is 0 Å². The van der Waals surface area contributed by atoms with Crippen molar-refractivity contribution in [2.24, 2.45) is 0 Å². The van der Waals surface area contributed by atoms with Gasteiger partial charge in [-0.05, 0) is 10.1 Å². The second kappa shape index (κ2) is 2.59. The molecular formula is C9H22NSi. The van der Waals surface area contributed by atoms with Crippen LogP contribution < -0.4 is 5.40 Å². The van der Waals surface area contributed by atoms with Gasteiger partial charge in [-0.25, -0.2) is 0 Å². The highest BCUT2D eigenvalue weighted by Gasteiger charge is 2.46. The molecule has 0 saturated heterocycles. The second-order valence-electron chi connectivity index (χ2n) is 5.62. The van der Waals surface area contributed by atoms with E-state index in [4.69, 9.17) is 5.40 Å². The third-order valence-electron chi connectivity index (χ3n) is 3.00. The molecule has 0 aromatic carbocycles. The molecule has 0 aliphatic carbocycles. The van der Waals surface area contributed by atoms with E-state index in [0.29, 0.717) is 0 Å². The minimum absolute atomic E-state index is 0.186. The molecule has 1 radical (unpaired) electrons. The molecule has 0 amide bonds. The summed E-state index contributed by atoms with van der Waals surface area (Å²) in [6, 6.07) is 0. The van der Waals surface area contributed by atoms with Crippen LogP contribution in [0.2, 0.25) is 16.6 Å². The molecule has 0 aliphatic heterocycles. The smallest absolute Gasteiger partial charge is 0.148 e. The van der Waals surface area contributed by atoms with Crippen molar-refractivity contribution >= 4 is 8.24 Å². The van der Waals surface area contributed by atoms with Crippen molar-refractivity contribution in [2.75, 3.05) is 0 Å². The molecular weight excluding hydrogens is 150 g/mol. The van der Waals surface area contributed by atoms with E-state index >= 15 is 0 Å². The molecule has 11 heavy (non-hydrogen) atoms. The zero-order valence-corrected chi connectivity index (χ0v) is 10.0. The lowest BCUT2D eigenvalue weighted by atomic mass is 10.2. The lowest BCUT2D eigenvalue weighted by molar-refractivity contribution is 0.611. The molecule has 0 saturated carbocycles. The first-order valence-electron chi connectivity index (χ1n) is 4.25. The molecule has 0 spiro atoms. The van der Waals surface area contributed by atoms with Crippen molar-refractivity contribution in [1.82, 2.24) is 5.40 Å². The molecule has 0 aromatic rings. The summed E-state index contributed by atoms with van der Waals surface area (Å²) in [5.74, 6) is 0. The molecule has 2 heteroatoms. The van der Waals surface area contributed by atoms with Gasteiger partial charge < -0.3 is 0 Å². The van der Waals surface area contributed by atoms with Crippen LogP contribution in [0, 0.1) is 0 Å². The Bertz CT molecular complexity index is 121. The average Bonchev–Trinajstić information content (AvgIpc) is 1.58. The van der Waals surface area contributed by atoms with Gasteiger partial charge in [-0.1, -0.05) is 48.1 Å². The third kappa shape index (κ3) is 2.06. The maximum atomic E-state index is 8.37. The van der Waals surface area contributed by atoms with E-state index in [1.165, 1.54) is 0 Å². The van der Waals surface area contributed by atoms with Gasteiger partial charge in [0.1, 0.15) is 8.24 Å². The first kappa shape index (κ1) is 11.2. The maximum absolute atomic E-state index is 8.37. The normalized spacial score (nSPS) is 15.3. The fourth-order valence-electron chi connectivity index (χ4n) is 1.12. The van der Waals surface area contributed by atoms with Gasteiger partial charge in [-0.15, -0.1) is 0 Å². The summed E-state index contributed by atoms with van der Waals surface area (Å²) in [6.07, 6.45) is 0. The number of rotatable bonds is 0. The topological polar surface area (TPSA) is 23.8 Å². The van der Waals surface area contributed by atoms with Gasteiger partial charge in [0.25, 0.3) is 0 Å². The van der Waals surface area contributed by atoms with Crippen LogP contribution in [0.1, 0.15) is 41.5 Å². The molecule has 1 N–H and O–H groups in total. The van der Waals surface area contributed by atoms with Crippen LogP contribution in [0.5, 0.6) is 0 Å². The number of hydrogen-bond acceptors (Lipinski definition) is 0. The van der Waals surface area contributed by atoms with Crippen molar-refractivity contribution in [3.05, 3.63) is 0 Å². The summed E-state index contributed by atoms with van der Waals surface area (Å²) >= 11 is 0. The maximum Gasteiger partial charge on any atom is 0.148 e. The molecule has 0 unspecified atom stereocenters. The van der Waals surface area contributed by atoms with Crippen molar-refractivity contribution in [3.8, 4) is 0 Å². The summed E-state index contributed by atoms with van der Waals surface area (Å²) in [5, 5.41) is 8.74. The molecule has 1 nitrogen and oxygen atoms in total. The largest absolute Gasteiger partial charge is 0.284 e. The van der Waals surface area contributed by atoms with Gasteiger partial charge in [0.05, 0.1) is 0 Å². The molecule has 0 aromatic heterocycles. The Balaban J connectivity index is 4.75. The Morgan fingerprint density at radius 2 is 1.00 bits per heavy atom. The van der Waals surface area contributed by atoms with Crippen LogP contribution in [0.25, 0.3) is 0 Å². The van der Waals surface area contributed by atoms with E-state index in [1.54, 1.807) is 0 Å². The van der Waals surface area contributed by atoms with Crippen molar-refractivity contribution in [3.63, 3.8) is 0 Å². The summed E-state index contributed by atoms with van der Waals surface area (Å²) in [5.41, 5.74) is 0. The van der Waals surface area contributed by atoms with Gasteiger partial charge >= 0.3 is 0 Å². The van der Waals surface area contributed by atoms with E-state index in [2.05, 4.69) is 48.1 Å². The second-order valence-corrected chi connectivity index (χ2v) is 10.9. The Kier molecular flexibility index (Phi) is 2.64. The predicted molar refractivity (Wildman–Crippen MR) is 54.1 cm³/mol. The molecule has 0 aliphatic rings. The lowest BCUT2D eigenvalue weighted by Crippen LogP contribution is -2.50. The number of hydrogen-bond donors (Lipinski definition) is 0. The van der Waals surface area contributed by atoms with Crippen molar-refractivity contribution in [2.45, 2.75) is 58.2 Å². The lowest BCUT2D eigenvalue weighted by Gasteiger charge is -2.45. The highest BCUT2D eigenvalue weighted by Crippen LogP contribution is 2.48. The molecule has 0 bridgehead atoms. The van der Waals surface area contributed by atoms with E-state index in [1.807, 2.05) is 0 Å². The first-order valence-corrected chi connectivity index (χ1v) is 6.75. The van der Waals surface area contributed by atoms with Gasteiger partial charge in [0, 0.05) is 0 Å². The Hall–Kier alpha value is 0.177. The van der Waals surface area contributed by atoms with Crippen molar-refractivity contribution < 1.29 is 0 Å². The van der Waals surface area contributed by atoms with Gasteiger partial charge in [0.15, 0.2) is 0 Å². The fourth-order valence-corrected chi connectivity index (χ4v) is 3.38. The molecule has 0 rings (SSSR count). The minimum atomic E-state index is -1.86. The summed E-state index contributed by atoms with van der Waals surface area (Å²) < 4.78 is 0.